The molecule has 4 heteroatoms. The molecule has 1 unspecified atom stereocenters. The van der Waals surface area contributed by atoms with Gasteiger partial charge in [0.2, 0.25) is 5.91 Å². The van der Waals surface area contributed by atoms with Crippen molar-refractivity contribution in [3.63, 3.8) is 0 Å². The van der Waals surface area contributed by atoms with E-state index in [2.05, 4.69) is 12.1 Å². The molecule has 1 aromatic carbocycles. The Kier molecular flexibility index (Phi) is 6.40. The largest absolute Gasteiger partial charge is 0.396 e. The molecule has 1 aromatic rings. The van der Waals surface area contributed by atoms with Gasteiger partial charge in [0.1, 0.15) is 0 Å². The Morgan fingerprint density at radius 3 is 2.90 bits per heavy atom. The van der Waals surface area contributed by atoms with E-state index in [0.717, 1.165) is 38.0 Å². The van der Waals surface area contributed by atoms with E-state index in [9.17, 15) is 4.79 Å². The average molecular weight is 293 g/mol. The molecule has 3 nitrogen and oxygen atoms in total. The third kappa shape index (κ3) is 4.53. The normalized spacial score (nSPS) is 18.4. The maximum atomic E-state index is 12.3. The molecule has 0 radical (unpaired) electrons. The van der Waals surface area contributed by atoms with E-state index >= 15 is 0 Å². The number of aliphatic hydroxyl groups is 1. The molecule has 1 fully saturated rings. The van der Waals surface area contributed by atoms with Crippen molar-refractivity contribution in [3.05, 3.63) is 30.3 Å². The van der Waals surface area contributed by atoms with Gasteiger partial charge in [-0.3, -0.25) is 4.79 Å². The standard InChI is InChI=1S/C16H23NO2S/c18-12-5-7-14-6-4-11-17(14)16(19)10-13-20-15-8-2-1-3-9-15/h1-3,8-9,14,18H,4-7,10-13H2. The van der Waals surface area contributed by atoms with Crippen LogP contribution < -0.4 is 0 Å². The van der Waals surface area contributed by atoms with Crippen LogP contribution in [-0.2, 0) is 4.79 Å². The van der Waals surface area contributed by atoms with E-state index in [1.807, 2.05) is 23.1 Å². The smallest absolute Gasteiger partial charge is 0.223 e. The highest BCUT2D eigenvalue weighted by atomic mass is 32.2. The van der Waals surface area contributed by atoms with Gasteiger partial charge < -0.3 is 10.0 Å². The van der Waals surface area contributed by atoms with Crippen molar-refractivity contribution < 1.29 is 9.90 Å². The quantitative estimate of drug-likeness (QED) is 0.786. The molecule has 0 saturated carbocycles. The number of amides is 1. The number of hydrogen-bond acceptors (Lipinski definition) is 3. The van der Waals surface area contributed by atoms with Crippen LogP contribution in [0.25, 0.3) is 0 Å². The Bertz CT molecular complexity index is 410. The zero-order valence-electron chi connectivity index (χ0n) is 11.8. The maximum Gasteiger partial charge on any atom is 0.223 e. The van der Waals surface area contributed by atoms with E-state index in [0.29, 0.717) is 12.5 Å². The second kappa shape index (κ2) is 8.32. The van der Waals surface area contributed by atoms with Gasteiger partial charge in [-0.15, -0.1) is 11.8 Å². The SMILES string of the molecule is O=C(CCSc1ccccc1)N1CCCC1CCCO. The fourth-order valence-electron chi connectivity index (χ4n) is 2.71. The molecular weight excluding hydrogens is 270 g/mol. The monoisotopic (exact) mass is 293 g/mol. The first-order valence-electron chi connectivity index (χ1n) is 7.39. The maximum absolute atomic E-state index is 12.3. The summed E-state index contributed by atoms with van der Waals surface area (Å²) in [6, 6.07) is 10.6. The minimum Gasteiger partial charge on any atom is -0.396 e. The summed E-state index contributed by atoms with van der Waals surface area (Å²) in [6.07, 6.45) is 4.54. The fraction of sp³-hybridized carbons (Fsp3) is 0.562. The molecule has 1 amide bonds. The molecule has 0 aromatic heterocycles. The molecule has 1 saturated heterocycles. The van der Waals surface area contributed by atoms with E-state index in [-0.39, 0.29) is 12.5 Å². The minimum atomic E-state index is 0.225. The van der Waals surface area contributed by atoms with Gasteiger partial charge in [0.05, 0.1) is 0 Å². The molecule has 1 aliphatic rings. The summed E-state index contributed by atoms with van der Waals surface area (Å²) in [5.41, 5.74) is 0. The van der Waals surface area contributed by atoms with Gasteiger partial charge in [-0.05, 0) is 37.8 Å². The second-order valence-electron chi connectivity index (χ2n) is 5.16. The van der Waals surface area contributed by atoms with Crippen molar-refractivity contribution in [2.45, 2.75) is 43.0 Å². The van der Waals surface area contributed by atoms with Crippen LogP contribution in [0.2, 0.25) is 0 Å². The number of aliphatic hydroxyl groups excluding tert-OH is 1. The van der Waals surface area contributed by atoms with Crippen molar-refractivity contribution >= 4 is 17.7 Å². The van der Waals surface area contributed by atoms with Crippen LogP contribution in [0.1, 0.15) is 32.1 Å². The first-order chi connectivity index (χ1) is 9.81. The van der Waals surface area contributed by atoms with Crippen LogP contribution >= 0.6 is 11.8 Å². The van der Waals surface area contributed by atoms with Crippen LogP contribution in [-0.4, -0.2) is 40.9 Å². The predicted molar refractivity (Wildman–Crippen MR) is 82.8 cm³/mol. The van der Waals surface area contributed by atoms with Crippen LogP contribution in [0, 0.1) is 0 Å². The summed E-state index contributed by atoms with van der Waals surface area (Å²) in [6.45, 7) is 1.12. The third-order valence-corrected chi connectivity index (χ3v) is 4.73. The number of carbonyl (C=O) groups excluding carboxylic acids is 1. The minimum absolute atomic E-state index is 0.225. The van der Waals surface area contributed by atoms with E-state index in [1.54, 1.807) is 11.8 Å². The lowest BCUT2D eigenvalue weighted by Crippen LogP contribution is -2.35. The highest BCUT2D eigenvalue weighted by Crippen LogP contribution is 2.24. The molecule has 1 aliphatic heterocycles. The number of benzene rings is 1. The third-order valence-electron chi connectivity index (χ3n) is 3.72. The Balaban J connectivity index is 1.73. The number of likely N-dealkylation sites (tertiary alicyclic amines) is 1. The lowest BCUT2D eigenvalue weighted by molar-refractivity contribution is -0.131. The lowest BCUT2D eigenvalue weighted by Gasteiger charge is -2.24. The summed E-state index contributed by atoms with van der Waals surface area (Å²) < 4.78 is 0. The molecule has 1 heterocycles. The molecule has 2 rings (SSSR count). The van der Waals surface area contributed by atoms with Gasteiger partial charge in [-0.2, -0.15) is 0 Å². The van der Waals surface area contributed by atoms with Gasteiger partial charge in [0.15, 0.2) is 0 Å². The summed E-state index contributed by atoms with van der Waals surface area (Å²) in [4.78, 5) is 15.5. The molecule has 0 aliphatic carbocycles. The summed E-state index contributed by atoms with van der Waals surface area (Å²) in [5, 5.41) is 8.91. The Hall–Kier alpha value is -1.00. The van der Waals surface area contributed by atoms with Crippen molar-refractivity contribution in [1.29, 1.82) is 0 Å². The van der Waals surface area contributed by atoms with E-state index < -0.39 is 0 Å². The number of thioether (sulfide) groups is 1. The zero-order chi connectivity index (χ0) is 14.2. The second-order valence-corrected chi connectivity index (χ2v) is 6.33. The molecule has 1 atom stereocenters. The highest BCUT2D eigenvalue weighted by molar-refractivity contribution is 7.99. The Morgan fingerprint density at radius 2 is 2.15 bits per heavy atom. The summed E-state index contributed by atoms with van der Waals surface area (Å²) in [7, 11) is 0. The molecule has 0 spiro atoms. The predicted octanol–water partition coefficient (Wildman–Crippen LogP) is 2.93. The first-order valence-corrected chi connectivity index (χ1v) is 8.38. The van der Waals surface area contributed by atoms with Crippen LogP contribution in [0.5, 0.6) is 0 Å². The number of hydrogen-bond donors (Lipinski definition) is 1. The molecular formula is C16H23NO2S. The van der Waals surface area contributed by atoms with Crippen molar-refractivity contribution in [3.8, 4) is 0 Å². The Morgan fingerprint density at radius 1 is 1.35 bits per heavy atom. The average Bonchev–Trinajstić information content (AvgIpc) is 2.94. The first kappa shape index (κ1) is 15.4. The van der Waals surface area contributed by atoms with Crippen LogP contribution in [0.15, 0.2) is 35.2 Å². The van der Waals surface area contributed by atoms with Crippen LogP contribution in [0.3, 0.4) is 0 Å². The van der Waals surface area contributed by atoms with E-state index in [4.69, 9.17) is 5.11 Å². The molecule has 110 valence electrons. The van der Waals surface area contributed by atoms with Gasteiger partial charge in [-0.25, -0.2) is 0 Å². The molecule has 20 heavy (non-hydrogen) atoms. The Labute approximate surface area is 125 Å². The van der Waals surface area contributed by atoms with E-state index in [1.165, 1.54) is 4.90 Å². The number of rotatable bonds is 7. The zero-order valence-corrected chi connectivity index (χ0v) is 12.6. The lowest BCUT2D eigenvalue weighted by atomic mass is 10.1. The number of carbonyl (C=O) groups is 1. The van der Waals surface area contributed by atoms with Crippen molar-refractivity contribution in [2.75, 3.05) is 18.9 Å². The molecule has 0 bridgehead atoms. The van der Waals surface area contributed by atoms with Gasteiger partial charge in [0, 0.05) is 36.3 Å². The van der Waals surface area contributed by atoms with Gasteiger partial charge in [-0.1, -0.05) is 18.2 Å². The topological polar surface area (TPSA) is 40.5 Å². The van der Waals surface area contributed by atoms with Gasteiger partial charge >= 0.3 is 0 Å². The highest BCUT2D eigenvalue weighted by Gasteiger charge is 2.27. The molecule has 1 N–H and O–H groups in total. The number of nitrogens with zero attached hydrogens (tertiary/aromatic N) is 1. The summed E-state index contributed by atoms with van der Waals surface area (Å²) >= 11 is 1.74. The fourth-order valence-corrected chi connectivity index (χ4v) is 3.57. The van der Waals surface area contributed by atoms with Crippen molar-refractivity contribution in [2.24, 2.45) is 0 Å². The van der Waals surface area contributed by atoms with Gasteiger partial charge in [0.25, 0.3) is 0 Å². The summed E-state index contributed by atoms with van der Waals surface area (Å²) in [5.74, 6) is 1.11. The van der Waals surface area contributed by atoms with Crippen LogP contribution in [0.4, 0.5) is 0 Å². The van der Waals surface area contributed by atoms with Crippen molar-refractivity contribution in [1.82, 2.24) is 4.90 Å².